The predicted molar refractivity (Wildman–Crippen MR) is 109 cm³/mol. The van der Waals surface area contributed by atoms with Crippen molar-refractivity contribution in [1.82, 2.24) is 4.98 Å². The molecule has 0 unspecified atom stereocenters. The first-order valence-electron chi connectivity index (χ1n) is 9.18. The van der Waals surface area contributed by atoms with Crippen LogP contribution in [-0.2, 0) is 0 Å². The lowest BCUT2D eigenvalue weighted by atomic mass is 9.96. The second-order valence-corrected chi connectivity index (χ2v) is 7.19. The Morgan fingerprint density at radius 1 is 0.852 bits per heavy atom. The van der Waals surface area contributed by atoms with Gasteiger partial charge in [-0.2, -0.15) is 0 Å². The van der Waals surface area contributed by atoms with E-state index in [1.807, 2.05) is 17.0 Å². The Balaban J connectivity index is 1.63. The fourth-order valence-corrected chi connectivity index (χ4v) is 3.82. The quantitative estimate of drug-likeness (QED) is 0.572. The van der Waals surface area contributed by atoms with Crippen LogP contribution in [0.5, 0.6) is 0 Å². The Bertz CT molecular complexity index is 1070. The molecule has 0 bridgehead atoms. The van der Waals surface area contributed by atoms with Gasteiger partial charge in [0.15, 0.2) is 12.2 Å². The van der Waals surface area contributed by atoms with Crippen molar-refractivity contribution in [3.8, 4) is 11.3 Å². The minimum atomic E-state index is 0.676. The average Bonchev–Trinajstić information content (AvgIpc) is 3.11. The third-order valence-corrected chi connectivity index (χ3v) is 4.97. The summed E-state index contributed by atoms with van der Waals surface area (Å²) in [5.41, 5.74) is 10.3. The first-order chi connectivity index (χ1) is 13.0. The molecule has 0 N–H and O–H groups in total. The summed E-state index contributed by atoms with van der Waals surface area (Å²) in [5.74, 6) is 0. The number of benzene rings is 2. The lowest BCUT2D eigenvalue weighted by Gasteiger charge is -2.08. The SMILES string of the molecule is Cc1cc(C)c(C2=NN=[N+](c3cccc(-c4ncccc4C)c3)C2)c(C)c1. The Kier molecular flexibility index (Phi) is 4.40. The predicted octanol–water partition coefficient (Wildman–Crippen LogP) is 5.50. The zero-order chi connectivity index (χ0) is 19.0. The molecule has 2 heterocycles. The molecule has 0 aliphatic carbocycles. The monoisotopic (exact) mass is 355 g/mol. The minimum Gasteiger partial charge on any atom is -0.256 e. The molecule has 0 fully saturated rings. The Morgan fingerprint density at radius 2 is 1.63 bits per heavy atom. The van der Waals surface area contributed by atoms with Crippen molar-refractivity contribution in [1.29, 1.82) is 0 Å². The zero-order valence-electron chi connectivity index (χ0n) is 16.2. The second-order valence-electron chi connectivity index (χ2n) is 7.19. The summed E-state index contributed by atoms with van der Waals surface area (Å²) in [6, 6.07) is 16.8. The van der Waals surface area contributed by atoms with Gasteiger partial charge in [-0.1, -0.05) is 35.9 Å². The molecule has 1 aromatic heterocycles. The molecule has 27 heavy (non-hydrogen) atoms. The van der Waals surface area contributed by atoms with Crippen LogP contribution in [0.4, 0.5) is 5.69 Å². The molecule has 2 aromatic carbocycles. The standard InChI is InChI=1S/C23H23N4/c1-15-11-17(3)22(18(4)12-15)21-14-27(26-25-21)20-9-5-8-19(13-20)23-16(2)7-6-10-24-23/h5-13H,14H2,1-4H3/q+1. The largest absolute Gasteiger partial charge is 0.256 e. The molecule has 1 aliphatic rings. The van der Waals surface area contributed by atoms with Crippen molar-refractivity contribution >= 4 is 11.4 Å². The van der Waals surface area contributed by atoms with Gasteiger partial charge < -0.3 is 0 Å². The molecule has 0 spiro atoms. The van der Waals surface area contributed by atoms with Crippen molar-refractivity contribution in [2.45, 2.75) is 27.7 Å². The van der Waals surface area contributed by atoms with Crippen LogP contribution < -0.4 is 0 Å². The van der Waals surface area contributed by atoms with Crippen LogP contribution >= 0.6 is 0 Å². The number of hydrogen-bond donors (Lipinski definition) is 0. The van der Waals surface area contributed by atoms with E-state index in [1.165, 1.54) is 22.3 Å². The summed E-state index contributed by atoms with van der Waals surface area (Å²) in [6.07, 6.45) is 1.83. The molecule has 4 rings (SSSR count). The molecule has 3 aromatic rings. The average molecular weight is 355 g/mol. The number of pyridine rings is 1. The van der Waals surface area contributed by atoms with Crippen molar-refractivity contribution in [2.75, 3.05) is 6.54 Å². The molecule has 0 radical (unpaired) electrons. The molecule has 134 valence electrons. The first-order valence-corrected chi connectivity index (χ1v) is 9.18. The van der Waals surface area contributed by atoms with E-state index in [-0.39, 0.29) is 0 Å². The highest BCUT2D eigenvalue weighted by atomic mass is 15.5. The highest BCUT2D eigenvalue weighted by molar-refractivity contribution is 6.04. The van der Waals surface area contributed by atoms with Gasteiger partial charge in [0.05, 0.1) is 10.8 Å². The van der Waals surface area contributed by atoms with E-state index < -0.39 is 0 Å². The summed E-state index contributed by atoms with van der Waals surface area (Å²) < 4.78 is 1.95. The maximum atomic E-state index is 4.53. The minimum absolute atomic E-state index is 0.676. The third-order valence-electron chi connectivity index (χ3n) is 4.97. The van der Waals surface area contributed by atoms with Crippen LogP contribution in [0.3, 0.4) is 0 Å². The number of aryl methyl sites for hydroxylation is 4. The number of hydrogen-bond acceptors (Lipinski definition) is 3. The first kappa shape index (κ1) is 17.3. The maximum Gasteiger partial charge on any atom is 0.231 e. The number of nitrogens with zero attached hydrogens (tertiary/aromatic N) is 4. The van der Waals surface area contributed by atoms with E-state index in [0.29, 0.717) is 6.54 Å². The maximum absolute atomic E-state index is 4.53. The van der Waals surface area contributed by atoms with Crippen LogP contribution in [0.1, 0.15) is 27.8 Å². The van der Waals surface area contributed by atoms with Gasteiger partial charge in [0.2, 0.25) is 5.71 Å². The lowest BCUT2D eigenvalue weighted by Crippen LogP contribution is -2.14. The van der Waals surface area contributed by atoms with E-state index in [1.54, 1.807) is 0 Å². The molecular weight excluding hydrogens is 332 g/mol. The topological polar surface area (TPSA) is 40.6 Å². The number of aromatic nitrogens is 1. The Labute approximate surface area is 159 Å². The zero-order valence-corrected chi connectivity index (χ0v) is 16.2. The van der Waals surface area contributed by atoms with Gasteiger partial charge in [0, 0.05) is 17.3 Å². The molecule has 0 atom stereocenters. The summed E-state index contributed by atoms with van der Waals surface area (Å²) in [7, 11) is 0. The van der Waals surface area contributed by atoms with Gasteiger partial charge in [-0.3, -0.25) is 4.98 Å². The number of rotatable bonds is 3. The van der Waals surface area contributed by atoms with Gasteiger partial charge in [0.25, 0.3) is 0 Å². The van der Waals surface area contributed by atoms with Crippen LogP contribution in [0, 0.1) is 27.7 Å². The van der Waals surface area contributed by atoms with Gasteiger partial charge in [-0.15, -0.1) is 4.70 Å². The summed E-state index contributed by atoms with van der Waals surface area (Å²) >= 11 is 0. The molecular formula is C23H23N4+. The molecule has 4 heteroatoms. The highest BCUT2D eigenvalue weighted by Crippen LogP contribution is 2.27. The van der Waals surface area contributed by atoms with Gasteiger partial charge in [0.1, 0.15) is 5.22 Å². The van der Waals surface area contributed by atoms with Gasteiger partial charge >= 0.3 is 0 Å². The van der Waals surface area contributed by atoms with Gasteiger partial charge in [-0.05, 0) is 62.6 Å². The van der Waals surface area contributed by atoms with Crippen LogP contribution in [-0.4, -0.2) is 21.9 Å². The van der Waals surface area contributed by atoms with E-state index in [2.05, 4.69) is 85.5 Å². The molecule has 0 amide bonds. The fraction of sp³-hybridized carbons (Fsp3) is 0.217. The van der Waals surface area contributed by atoms with Crippen molar-refractivity contribution in [2.24, 2.45) is 10.3 Å². The van der Waals surface area contributed by atoms with E-state index >= 15 is 0 Å². The Morgan fingerprint density at radius 3 is 2.37 bits per heavy atom. The summed E-state index contributed by atoms with van der Waals surface area (Å²) in [5, 5.41) is 8.91. The van der Waals surface area contributed by atoms with Gasteiger partial charge in [-0.25, -0.2) is 0 Å². The van der Waals surface area contributed by atoms with Crippen LogP contribution in [0.2, 0.25) is 0 Å². The van der Waals surface area contributed by atoms with Crippen molar-refractivity contribution < 1.29 is 4.70 Å². The second kappa shape index (κ2) is 6.88. The summed E-state index contributed by atoms with van der Waals surface area (Å²) in [4.78, 5) is 4.53. The fourth-order valence-electron chi connectivity index (χ4n) is 3.82. The smallest absolute Gasteiger partial charge is 0.231 e. The van der Waals surface area contributed by atoms with E-state index in [0.717, 1.165) is 28.2 Å². The van der Waals surface area contributed by atoms with Crippen molar-refractivity contribution in [3.05, 3.63) is 82.5 Å². The normalized spacial score (nSPS) is 13.5. The lowest BCUT2D eigenvalue weighted by molar-refractivity contribution is -0.492. The highest BCUT2D eigenvalue weighted by Gasteiger charge is 2.26. The van der Waals surface area contributed by atoms with Crippen LogP contribution in [0.25, 0.3) is 11.3 Å². The van der Waals surface area contributed by atoms with Crippen molar-refractivity contribution in [3.63, 3.8) is 0 Å². The molecule has 1 aliphatic heterocycles. The summed E-state index contributed by atoms with van der Waals surface area (Å²) in [6.45, 7) is 9.17. The molecule has 0 saturated carbocycles. The third kappa shape index (κ3) is 3.31. The molecule has 0 saturated heterocycles. The van der Waals surface area contributed by atoms with Crippen LogP contribution in [0.15, 0.2) is 65.1 Å². The Hall–Kier alpha value is -3.14. The van der Waals surface area contributed by atoms with E-state index in [9.17, 15) is 0 Å². The van der Waals surface area contributed by atoms with E-state index in [4.69, 9.17) is 0 Å². The molecule has 4 nitrogen and oxygen atoms in total.